The second-order valence-electron chi connectivity index (χ2n) is 9.66. The summed E-state index contributed by atoms with van der Waals surface area (Å²) >= 11 is 0. The van der Waals surface area contributed by atoms with Gasteiger partial charge >= 0.3 is 5.76 Å². The van der Waals surface area contributed by atoms with E-state index in [4.69, 9.17) is 9.40 Å². The van der Waals surface area contributed by atoms with Crippen molar-refractivity contribution in [3.8, 4) is 11.3 Å². The zero-order chi connectivity index (χ0) is 25.4. The molecular weight excluding hydrogens is 461 g/mol. The lowest BCUT2D eigenvalue weighted by atomic mass is 10.1. The maximum Gasteiger partial charge on any atom is 0.420 e. The Morgan fingerprint density at radius 3 is 2.81 bits per heavy atom. The molecule has 0 saturated heterocycles. The number of aromatic nitrogens is 4. The number of oxazole rings is 1. The van der Waals surface area contributed by atoms with E-state index in [-0.39, 0.29) is 17.7 Å². The van der Waals surface area contributed by atoms with E-state index in [2.05, 4.69) is 45.2 Å². The summed E-state index contributed by atoms with van der Waals surface area (Å²) in [6.45, 7) is 7.68. The molecule has 1 aliphatic heterocycles. The minimum atomic E-state index is -0.557. The third-order valence-electron chi connectivity index (χ3n) is 6.38. The number of hydrogen-bond acceptors (Lipinski definition) is 8. The van der Waals surface area contributed by atoms with Crippen LogP contribution in [0.2, 0.25) is 0 Å². The Morgan fingerprint density at radius 1 is 1.19 bits per heavy atom. The molecule has 4 heterocycles. The maximum atomic E-state index is 14.8. The number of benzene rings is 1. The number of nitrogens with one attached hydrogen (secondary N) is 1. The monoisotopic (exact) mass is 491 g/mol. The largest absolute Gasteiger partial charge is 0.420 e. The van der Waals surface area contributed by atoms with Crippen LogP contribution in [0, 0.1) is 5.82 Å². The lowest BCUT2D eigenvalue weighted by molar-refractivity contribution is 0.224. The first-order chi connectivity index (χ1) is 17.3. The Labute approximate surface area is 208 Å². The van der Waals surface area contributed by atoms with Gasteiger partial charge in [-0.3, -0.25) is 9.47 Å². The van der Waals surface area contributed by atoms with Crippen LogP contribution in [-0.2, 0) is 13.0 Å². The highest BCUT2D eigenvalue weighted by Gasteiger charge is 2.19. The highest BCUT2D eigenvalue weighted by atomic mass is 19.1. The van der Waals surface area contributed by atoms with E-state index in [1.54, 1.807) is 18.2 Å². The molecule has 0 amide bonds. The molecule has 10 heteroatoms. The van der Waals surface area contributed by atoms with E-state index >= 15 is 0 Å². The molecule has 0 saturated carbocycles. The van der Waals surface area contributed by atoms with Crippen molar-refractivity contribution in [1.29, 1.82) is 0 Å². The number of likely N-dealkylation sites (N-methyl/N-ethyl adjacent to an activating group) is 1. The summed E-state index contributed by atoms with van der Waals surface area (Å²) in [5.41, 5.74) is 3.97. The predicted molar refractivity (Wildman–Crippen MR) is 137 cm³/mol. The van der Waals surface area contributed by atoms with Crippen LogP contribution in [-0.4, -0.2) is 63.0 Å². The normalized spacial score (nSPS) is 14.1. The lowest BCUT2D eigenvalue weighted by Crippen LogP contribution is -2.36. The van der Waals surface area contributed by atoms with E-state index < -0.39 is 11.6 Å². The first kappa shape index (κ1) is 24.1. The van der Waals surface area contributed by atoms with Crippen molar-refractivity contribution < 1.29 is 8.81 Å². The van der Waals surface area contributed by atoms with Gasteiger partial charge in [-0.2, -0.15) is 0 Å². The molecule has 0 unspecified atom stereocenters. The van der Waals surface area contributed by atoms with Gasteiger partial charge in [0.15, 0.2) is 11.4 Å². The third kappa shape index (κ3) is 4.87. The second-order valence-corrected chi connectivity index (χ2v) is 9.66. The summed E-state index contributed by atoms with van der Waals surface area (Å²) in [6, 6.07) is 8.94. The minimum absolute atomic E-state index is 0.100. The Kier molecular flexibility index (Phi) is 6.55. The van der Waals surface area contributed by atoms with Crippen LogP contribution < -0.4 is 11.1 Å². The number of hydrogen-bond donors (Lipinski definition) is 1. The van der Waals surface area contributed by atoms with Crippen LogP contribution in [0.25, 0.3) is 22.4 Å². The molecule has 188 valence electrons. The molecule has 5 rings (SSSR count). The summed E-state index contributed by atoms with van der Waals surface area (Å²) in [4.78, 5) is 30.1. The van der Waals surface area contributed by atoms with Crippen molar-refractivity contribution >= 4 is 22.9 Å². The average Bonchev–Trinajstić information content (AvgIpc) is 3.19. The van der Waals surface area contributed by atoms with Gasteiger partial charge in [-0.05, 0) is 57.8 Å². The Balaban J connectivity index is 1.38. The fraction of sp³-hybridized carbons (Fsp3) is 0.385. The Hall–Kier alpha value is -3.63. The summed E-state index contributed by atoms with van der Waals surface area (Å²) < 4.78 is 21.6. The predicted octanol–water partition coefficient (Wildman–Crippen LogP) is 3.83. The van der Waals surface area contributed by atoms with Crippen LogP contribution in [0.1, 0.15) is 31.1 Å². The van der Waals surface area contributed by atoms with Gasteiger partial charge in [-0.25, -0.2) is 24.1 Å². The van der Waals surface area contributed by atoms with E-state index in [1.807, 2.05) is 19.9 Å². The number of anilines is 2. The van der Waals surface area contributed by atoms with Gasteiger partial charge in [0.25, 0.3) is 0 Å². The molecule has 0 spiro atoms. The SMILES string of the molecule is CC(C)n1c(=O)oc2ccc(-c3nc(Nc4ccc5c(n4)CCN(CCN(C)C)C5)ncc3F)cc21. The molecule has 3 aromatic heterocycles. The molecule has 1 aliphatic rings. The van der Waals surface area contributed by atoms with Crippen molar-refractivity contribution in [3.63, 3.8) is 0 Å². The first-order valence-corrected chi connectivity index (χ1v) is 12.1. The van der Waals surface area contributed by atoms with E-state index in [1.165, 1.54) is 10.1 Å². The van der Waals surface area contributed by atoms with Crippen LogP contribution in [0.4, 0.5) is 16.2 Å². The molecule has 0 aliphatic carbocycles. The van der Waals surface area contributed by atoms with Crippen molar-refractivity contribution in [3.05, 3.63) is 64.2 Å². The van der Waals surface area contributed by atoms with Gasteiger partial charge in [0.05, 0.1) is 11.7 Å². The van der Waals surface area contributed by atoms with Crippen molar-refractivity contribution in [2.75, 3.05) is 39.0 Å². The van der Waals surface area contributed by atoms with Crippen LogP contribution in [0.3, 0.4) is 0 Å². The molecule has 9 nitrogen and oxygen atoms in total. The van der Waals surface area contributed by atoms with Crippen molar-refractivity contribution in [2.45, 2.75) is 32.9 Å². The number of fused-ring (bicyclic) bond motifs is 2. The summed E-state index contributed by atoms with van der Waals surface area (Å²) in [5.74, 6) is -0.136. The zero-order valence-electron chi connectivity index (χ0n) is 21.0. The van der Waals surface area contributed by atoms with Gasteiger partial charge in [-0.1, -0.05) is 6.07 Å². The number of nitrogens with zero attached hydrogens (tertiary/aromatic N) is 6. The molecule has 0 radical (unpaired) electrons. The Bertz CT molecular complexity index is 1460. The standard InChI is InChI=1S/C26H30FN7O2/c1-16(2)34-21-13-17(5-7-22(21)36-26(34)35)24-19(27)14-28-25(31-24)30-23-8-6-18-15-33(12-11-32(3)4)10-9-20(18)29-23/h5-8,13-14,16H,9-12,15H2,1-4H3,(H,28,29,30,31). The minimum Gasteiger partial charge on any atom is -0.408 e. The number of halogens is 1. The quantitative estimate of drug-likeness (QED) is 0.417. The Morgan fingerprint density at radius 2 is 2.03 bits per heavy atom. The smallest absolute Gasteiger partial charge is 0.408 e. The van der Waals surface area contributed by atoms with E-state index in [9.17, 15) is 9.18 Å². The molecular formula is C26H30FN7O2. The highest BCUT2D eigenvalue weighted by molar-refractivity contribution is 5.80. The van der Waals surface area contributed by atoms with Gasteiger partial charge in [0.2, 0.25) is 5.95 Å². The number of rotatable bonds is 7. The van der Waals surface area contributed by atoms with Crippen LogP contribution in [0.15, 0.2) is 45.7 Å². The van der Waals surface area contributed by atoms with Gasteiger partial charge in [0.1, 0.15) is 11.5 Å². The highest BCUT2D eigenvalue weighted by Crippen LogP contribution is 2.27. The maximum absolute atomic E-state index is 14.8. The van der Waals surface area contributed by atoms with Crippen LogP contribution >= 0.6 is 0 Å². The summed E-state index contributed by atoms with van der Waals surface area (Å²) in [6.07, 6.45) is 2.01. The molecule has 1 N–H and O–H groups in total. The topological polar surface area (TPSA) is 92.3 Å². The molecule has 0 atom stereocenters. The average molecular weight is 492 g/mol. The van der Waals surface area contributed by atoms with E-state index in [0.717, 1.165) is 44.5 Å². The van der Waals surface area contributed by atoms with Gasteiger partial charge in [0, 0.05) is 49.9 Å². The van der Waals surface area contributed by atoms with E-state index in [0.29, 0.717) is 22.5 Å². The first-order valence-electron chi connectivity index (χ1n) is 12.1. The van der Waals surface area contributed by atoms with Crippen LogP contribution in [0.5, 0.6) is 0 Å². The molecule has 36 heavy (non-hydrogen) atoms. The van der Waals surface area contributed by atoms with Gasteiger partial charge in [-0.15, -0.1) is 0 Å². The fourth-order valence-electron chi connectivity index (χ4n) is 4.49. The second kappa shape index (κ2) is 9.79. The third-order valence-corrected chi connectivity index (χ3v) is 6.38. The molecule has 1 aromatic carbocycles. The van der Waals surface area contributed by atoms with Gasteiger partial charge < -0.3 is 14.6 Å². The van der Waals surface area contributed by atoms with Crippen molar-refractivity contribution in [1.82, 2.24) is 29.3 Å². The number of pyridine rings is 1. The fourth-order valence-corrected chi connectivity index (χ4v) is 4.49. The molecule has 0 bridgehead atoms. The summed E-state index contributed by atoms with van der Waals surface area (Å²) in [5, 5.41) is 3.12. The molecule has 0 fully saturated rings. The van der Waals surface area contributed by atoms with Crippen molar-refractivity contribution in [2.24, 2.45) is 0 Å². The zero-order valence-corrected chi connectivity index (χ0v) is 21.0. The summed E-state index contributed by atoms with van der Waals surface area (Å²) in [7, 11) is 4.17. The lowest BCUT2D eigenvalue weighted by Gasteiger charge is -2.29. The molecule has 4 aromatic rings.